The highest BCUT2D eigenvalue weighted by molar-refractivity contribution is 6.33. The van der Waals surface area contributed by atoms with E-state index in [2.05, 4.69) is 10.6 Å². The van der Waals surface area contributed by atoms with Crippen LogP contribution in [0.3, 0.4) is 0 Å². The molecule has 2 N–H and O–H groups in total. The van der Waals surface area contributed by atoms with Crippen LogP contribution in [-0.4, -0.2) is 42.9 Å². The van der Waals surface area contributed by atoms with Crippen molar-refractivity contribution in [2.45, 2.75) is 25.8 Å². The summed E-state index contributed by atoms with van der Waals surface area (Å²) in [6, 6.07) is 5.44. The predicted molar refractivity (Wildman–Crippen MR) is 83.7 cm³/mol. The van der Waals surface area contributed by atoms with Gasteiger partial charge in [0.2, 0.25) is 5.91 Å². The van der Waals surface area contributed by atoms with Crippen molar-refractivity contribution in [1.82, 2.24) is 10.2 Å². The van der Waals surface area contributed by atoms with E-state index in [1.807, 2.05) is 4.90 Å². The first kappa shape index (κ1) is 15.6. The van der Waals surface area contributed by atoms with Crippen molar-refractivity contribution in [2.24, 2.45) is 0 Å². The molecule has 1 aromatic carbocycles. The van der Waals surface area contributed by atoms with Gasteiger partial charge in [0.15, 0.2) is 0 Å². The van der Waals surface area contributed by atoms with Crippen molar-refractivity contribution in [3.8, 4) is 0 Å². The first-order valence-electron chi connectivity index (χ1n) is 7.05. The van der Waals surface area contributed by atoms with Gasteiger partial charge in [-0.1, -0.05) is 11.6 Å². The van der Waals surface area contributed by atoms with Crippen LogP contribution in [0.2, 0.25) is 5.02 Å². The molecular formula is C15H20ClN3O2. The molecule has 2 amide bonds. The molecule has 1 saturated heterocycles. The summed E-state index contributed by atoms with van der Waals surface area (Å²) in [6.07, 6.45) is 1.75. The second-order valence-corrected chi connectivity index (χ2v) is 5.61. The second kappa shape index (κ2) is 6.80. The highest BCUT2D eigenvalue weighted by Crippen LogP contribution is 2.26. The Balaban J connectivity index is 2.03. The van der Waals surface area contributed by atoms with Crippen LogP contribution in [0.15, 0.2) is 18.2 Å². The van der Waals surface area contributed by atoms with Crippen molar-refractivity contribution in [3.63, 3.8) is 0 Å². The molecule has 0 aromatic heterocycles. The Morgan fingerprint density at radius 1 is 1.29 bits per heavy atom. The number of benzene rings is 1. The maximum absolute atomic E-state index is 11.7. The van der Waals surface area contributed by atoms with Crippen LogP contribution in [-0.2, 0) is 4.79 Å². The van der Waals surface area contributed by atoms with Gasteiger partial charge in [-0.2, -0.15) is 0 Å². The molecule has 1 aliphatic heterocycles. The quantitative estimate of drug-likeness (QED) is 0.899. The van der Waals surface area contributed by atoms with Gasteiger partial charge in [0.1, 0.15) is 0 Å². The summed E-state index contributed by atoms with van der Waals surface area (Å²) in [4.78, 5) is 24.8. The molecule has 0 bridgehead atoms. The van der Waals surface area contributed by atoms with Crippen LogP contribution in [0, 0.1) is 0 Å². The zero-order valence-electron chi connectivity index (χ0n) is 12.3. The number of hydrogen-bond donors (Lipinski definition) is 2. The smallest absolute Gasteiger partial charge is 0.251 e. The zero-order chi connectivity index (χ0) is 15.4. The molecule has 2 rings (SSSR count). The molecule has 1 aromatic rings. The van der Waals surface area contributed by atoms with Gasteiger partial charge in [0.05, 0.1) is 10.7 Å². The lowest BCUT2D eigenvalue weighted by atomic mass is 10.0. The topological polar surface area (TPSA) is 61.4 Å². The van der Waals surface area contributed by atoms with Gasteiger partial charge in [-0.15, -0.1) is 0 Å². The summed E-state index contributed by atoms with van der Waals surface area (Å²) in [6.45, 7) is 3.09. The van der Waals surface area contributed by atoms with E-state index < -0.39 is 0 Å². The van der Waals surface area contributed by atoms with Crippen molar-refractivity contribution in [1.29, 1.82) is 0 Å². The van der Waals surface area contributed by atoms with Crippen molar-refractivity contribution in [3.05, 3.63) is 28.8 Å². The van der Waals surface area contributed by atoms with E-state index in [4.69, 9.17) is 11.6 Å². The monoisotopic (exact) mass is 309 g/mol. The van der Waals surface area contributed by atoms with Crippen LogP contribution in [0.4, 0.5) is 5.69 Å². The minimum atomic E-state index is -0.138. The lowest BCUT2D eigenvalue weighted by Gasteiger charge is -2.32. The molecule has 0 aliphatic carbocycles. The molecule has 0 radical (unpaired) electrons. The highest BCUT2D eigenvalue weighted by Gasteiger charge is 2.21. The van der Waals surface area contributed by atoms with E-state index in [1.54, 1.807) is 32.2 Å². The largest absolute Gasteiger partial charge is 0.381 e. The van der Waals surface area contributed by atoms with E-state index in [1.165, 1.54) is 0 Å². The Bertz CT molecular complexity index is 540. The average molecular weight is 310 g/mol. The minimum Gasteiger partial charge on any atom is -0.381 e. The number of nitrogens with one attached hydrogen (secondary N) is 2. The van der Waals surface area contributed by atoms with Gasteiger partial charge in [-0.05, 0) is 31.0 Å². The fourth-order valence-corrected chi connectivity index (χ4v) is 2.65. The number of halogens is 1. The Morgan fingerprint density at radius 3 is 2.52 bits per heavy atom. The summed E-state index contributed by atoms with van der Waals surface area (Å²) >= 11 is 6.18. The Labute approximate surface area is 129 Å². The van der Waals surface area contributed by atoms with Gasteiger partial charge in [-0.3, -0.25) is 9.59 Å². The molecule has 1 aliphatic rings. The number of likely N-dealkylation sites (tertiary alicyclic amines) is 1. The van der Waals surface area contributed by atoms with Crippen molar-refractivity contribution >= 4 is 29.1 Å². The zero-order valence-corrected chi connectivity index (χ0v) is 13.0. The standard InChI is InChI=1S/C15H20ClN3O2/c1-10(20)19-7-5-12(6-8-19)18-14-9-11(15(21)17-2)3-4-13(14)16/h3-4,9,12,18H,5-8H2,1-2H3,(H,17,21). The predicted octanol–water partition coefficient (Wildman–Crippen LogP) is 2.12. The van der Waals surface area contributed by atoms with Crippen molar-refractivity contribution in [2.75, 3.05) is 25.5 Å². The number of rotatable bonds is 3. The Kier molecular flexibility index (Phi) is 5.07. The molecule has 5 nitrogen and oxygen atoms in total. The molecule has 0 unspecified atom stereocenters. The van der Waals surface area contributed by atoms with E-state index in [0.717, 1.165) is 31.6 Å². The Morgan fingerprint density at radius 2 is 1.95 bits per heavy atom. The molecule has 21 heavy (non-hydrogen) atoms. The van der Waals surface area contributed by atoms with Crippen molar-refractivity contribution < 1.29 is 9.59 Å². The SMILES string of the molecule is CNC(=O)c1ccc(Cl)c(NC2CCN(C(C)=O)CC2)c1. The normalized spacial score (nSPS) is 15.7. The number of carbonyl (C=O) groups excluding carboxylic acids is 2. The van der Waals surface area contributed by atoms with E-state index in [-0.39, 0.29) is 17.9 Å². The number of carbonyl (C=O) groups is 2. The van der Waals surface area contributed by atoms with Gasteiger partial charge in [0, 0.05) is 38.7 Å². The summed E-state index contributed by atoms with van der Waals surface area (Å²) in [5, 5.41) is 6.57. The maximum atomic E-state index is 11.7. The fourth-order valence-electron chi connectivity index (χ4n) is 2.48. The molecule has 1 heterocycles. The first-order chi connectivity index (χ1) is 10.0. The second-order valence-electron chi connectivity index (χ2n) is 5.20. The minimum absolute atomic E-state index is 0.119. The molecule has 0 atom stereocenters. The summed E-state index contributed by atoms with van der Waals surface area (Å²) < 4.78 is 0. The van der Waals surface area contributed by atoms with E-state index >= 15 is 0 Å². The third-order valence-corrected chi connectivity index (χ3v) is 4.09. The van der Waals surface area contributed by atoms with Crippen LogP contribution in [0.5, 0.6) is 0 Å². The van der Waals surface area contributed by atoms with E-state index in [9.17, 15) is 9.59 Å². The number of anilines is 1. The molecule has 1 fully saturated rings. The van der Waals surface area contributed by atoms with E-state index in [0.29, 0.717) is 10.6 Å². The number of piperidine rings is 1. The van der Waals surface area contributed by atoms with Gasteiger partial charge in [-0.25, -0.2) is 0 Å². The molecule has 0 saturated carbocycles. The lowest BCUT2D eigenvalue weighted by Crippen LogP contribution is -2.41. The third kappa shape index (κ3) is 3.88. The fraction of sp³-hybridized carbons (Fsp3) is 0.467. The third-order valence-electron chi connectivity index (χ3n) is 3.76. The lowest BCUT2D eigenvalue weighted by molar-refractivity contribution is -0.129. The van der Waals surface area contributed by atoms with Crippen LogP contribution in [0.1, 0.15) is 30.1 Å². The Hall–Kier alpha value is -1.75. The molecular weight excluding hydrogens is 290 g/mol. The molecule has 114 valence electrons. The molecule has 6 heteroatoms. The number of nitrogens with zero attached hydrogens (tertiary/aromatic N) is 1. The summed E-state index contributed by atoms with van der Waals surface area (Å²) in [5.41, 5.74) is 1.34. The van der Waals surface area contributed by atoms with Crippen LogP contribution >= 0.6 is 11.6 Å². The number of amides is 2. The van der Waals surface area contributed by atoms with Gasteiger partial charge in [0.25, 0.3) is 5.91 Å². The molecule has 0 spiro atoms. The first-order valence-corrected chi connectivity index (χ1v) is 7.42. The maximum Gasteiger partial charge on any atom is 0.251 e. The highest BCUT2D eigenvalue weighted by atomic mass is 35.5. The van der Waals surface area contributed by atoms with Gasteiger partial charge >= 0.3 is 0 Å². The van der Waals surface area contributed by atoms with Crippen LogP contribution in [0.25, 0.3) is 0 Å². The van der Waals surface area contributed by atoms with Crippen LogP contribution < -0.4 is 10.6 Å². The number of hydrogen-bond acceptors (Lipinski definition) is 3. The summed E-state index contributed by atoms with van der Waals surface area (Å²) in [5.74, 6) is -0.0192. The summed E-state index contributed by atoms with van der Waals surface area (Å²) in [7, 11) is 1.60. The average Bonchev–Trinajstić information content (AvgIpc) is 2.49. The van der Waals surface area contributed by atoms with Gasteiger partial charge < -0.3 is 15.5 Å².